The molecule has 18 heavy (non-hydrogen) atoms. The van der Waals surface area contributed by atoms with Gasteiger partial charge < -0.3 is 5.32 Å². The van der Waals surface area contributed by atoms with Crippen molar-refractivity contribution in [2.75, 3.05) is 11.6 Å². The Morgan fingerprint density at radius 1 is 1.39 bits per heavy atom. The molecule has 0 bridgehead atoms. The zero-order valence-electron chi connectivity index (χ0n) is 9.95. The Kier molecular flexibility index (Phi) is 3.28. The van der Waals surface area contributed by atoms with E-state index >= 15 is 0 Å². The predicted molar refractivity (Wildman–Crippen MR) is 65.8 cm³/mol. The average Bonchev–Trinajstić information content (AvgIpc) is 2.81. The normalized spacial score (nSPS) is 13.2. The van der Waals surface area contributed by atoms with Gasteiger partial charge in [-0.3, -0.25) is 5.10 Å². The third-order valence-corrected chi connectivity index (χ3v) is 3.50. The van der Waals surface area contributed by atoms with Gasteiger partial charge in [-0.15, -0.1) is 0 Å². The van der Waals surface area contributed by atoms with E-state index in [1.165, 1.54) is 18.6 Å². The van der Waals surface area contributed by atoms with Crippen molar-refractivity contribution in [3.8, 4) is 0 Å². The molecule has 1 atom stereocenters. The highest BCUT2D eigenvalue weighted by Gasteiger charge is 2.17. The minimum atomic E-state index is -3.32. The summed E-state index contributed by atoms with van der Waals surface area (Å²) in [4.78, 5) is 8.20. The fraction of sp³-hybridized carbons (Fsp3) is 0.300. The SMILES string of the molecule is CC(Nc1ncccc1S(C)(=O)=O)c1ncn[nH]1. The van der Waals surface area contributed by atoms with Crippen molar-refractivity contribution >= 4 is 15.7 Å². The van der Waals surface area contributed by atoms with Crippen LogP contribution in [-0.4, -0.2) is 34.8 Å². The van der Waals surface area contributed by atoms with Gasteiger partial charge in [0, 0.05) is 12.5 Å². The first kappa shape index (κ1) is 12.5. The maximum Gasteiger partial charge on any atom is 0.179 e. The summed E-state index contributed by atoms with van der Waals surface area (Å²) < 4.78 is 23.2. The minimum absolute atomic E-state index is 0.163. The Hall–Kier alpha value is -1.96. The lowest BCUT2D eigenvalue weighted by Crippen LogP contribution is -2.13. The number of hydrogen-bond donors (Lipinski definition) is 2. The van der Waals surface area contributed by atoms with Gasteiger partial charge in [0.15, 0.2) is 9.84 Å². The maximum absolute atomic E-state index is 11.6. The molecule has 2 aromatic heterocycles. The van der Waals surface area contributed by atoms with Crippen LogP contribution >= 0.6 is 0 Å². The topological polar surface area (TPSA) is 101 Å². The molecule has 2 rings (SSSR count). The first-order valence-electron chi connectivity index (χ1n) is 5.25. The van der Waals surface area contributed by atoms with Gasteiger partial charge in [0.25, 0.3) is 0 Å². The van der Waals surface area contributed by atoms with Crippen LogP contribution in [-0.2, 0) is 9.84 Å². The molecule has 1 unspecified atom stereocenters. The van der Waals surface area contributed by atoms with Gasteiger partial charge >= 0.3 is 0 Å². The van der Waals surface area contributed by atoms with Crippen LogP contribution < -0.4 is 5.32 Å². The second-order valence-corrected chi connectivity index (χ2v) is 5.84. The fourth-order valence-corrected chi connectivity index (χ4v) is 2.28. The number of nitrogens with one attached hydrogen (secondary N) is 2. The molecule has 0 aliphatic heterocycles. The maximum atomic E-state index is 11.6. The monoisotopic (exact) mass is 267 g/mol. The Morgan fingerprint density at radius 2 is 2.17 bits per heavy atom. The van der Waals surface area contributed by atoms with E-state index in [1.54, 1.807) is 6.07 Å². The van der Waals surface area contributed by atoms with Crippen molar-refractivity contribution in [1.82, 2.24) is 20.2 Å². The molecule has 0 aromatic carbocycles. The first-order valence-corrected chi connectivity index (χ1v) is 7.14. The van der Waals surface area contributed by atoms with Gasteiger partial charge in [-0.2, -0.15) is 5.10 Å². The molecule has 7 nitrogen and oxygen atoms in total. The highest BCUT2D eigenvalue weighted by Crippen LogP contribution is 2.21. The number of aromatic amines is 1. The lowest BCUT2D eigenvalue weighted by atomic mass is 10.3. The molecular weight excluding hydrogens is 254 g/mol. The van der Waals surface area contributed by atoms with E-state index in [0.29, 0.717) is 11.6 Å². The fourth-order valence-electron chi connectivity index (χ4n) is 1.50. The molecule has 96 valence electrons. The third kappa shape index (κ3) is 2.65. The molecule has 2 aromatic rings. The summed E-state index contributed by atoms with van der Waals surface area (Å²) in [6.07, 6.45) is 4.07. The van der Waals surface area contributed by atoms with Gasteiger partial charge in [0.1, 0.15) is 22.9 Å². The van der Waals surface area contributed by atoms with Crippen LogP contribution in [0.1, 0.15) is 18.8 Å². The number of pyridine rings is 1. The summed E-state index contributed by atoms with van der Waals surface area (Å²) in [7, 11) is -3.32. The quantitative estimate of drug-likeness (QED) is 0.848. The summed E-state index contributed by atoms with van der Waals surface area (Å²) in [5, 5.41) is 9.45. The number of aromatic nitrogens is 4. The largest absolute Gasteiger partial charge is 0.359 e. The van der Waals surface area contributed by atoms with Crippen LogP contribution in [0.2, 0.25) is 0 Å². The molecule has 0 radical (unpaired) electrons. The van der Waals surface area contributed by atoms with E-state index in [0.717, 1.165) is 6.26 Å². The summed E-state index contributed by atoms with van der Waals surface area (Å²) in [6, 6.07) is 2.88. The summed E-state index contributed by atoms with van der Waals surface area (Å²) in [5.41, 5.74) is 0. The van der Waals surface area contributed by atoms with Crippen LogP contribution in [0.5, 0.6) is 0 Å². The lowest BCUT2D eigenvalue weighted by Gasteiger charge is -2.13. The van der Waals surface area contributed by atoms with E-state index in [2.05, 4.69) is 25.5 Å². The van der Waals surface area contributed by atoms with E-state index in [4.69, 9.17) is 0 Å². The highest BCUT2D eigenvalue weighted by atomic mass is 32.2. The molecule has 0 saturated carbocycles. The third-order valence-electron chi connectivity index (χ3n) is 2.37. The molecule has 0 spiro atoms. The van der Waals surface area contributed by atoms with Gasteiger partial charge in [-0.1, -0.05) is 0 Å². The second-order valence-electron chi connectivity index (χ2n) is 3.86. The number of hydrogen-bond acceptors (Lipinski definition) is 6. The minimum Gasteiger partial charge on any atom is -0.359 e. The molecule has 8 heteroatoms. The van der Waals surface area contributed by atoms with Crippen LogP contribution in [0.15, 0.2) is 29.6 Å². The van der Waals surface area contributed by atoms with Gasteiger partial charge in [0.2, 0.25) is 0 Å². The highest BCUT2D eigenvalue weighted by molar-refractivity contribution is 7.90. The van der Waals surface area contributed by atoms with Crippen LogP contribution in [0.4, 0.5) is 5.82 Å². The molecule has 0 saturated heterocycles. The van der Waals surface area contributed by atoms with Gasteiger partial charge in [0.05, 0.1) is 6.04 Å². The van der Waals surface area contributed by atoms with Crippen LogP contribution in [0.25, 0.3) is 0 Å². The van der Waals surface area contributed by atoms with Crippen molar-refractivity contribution in [3.63, 3.8) is 0 Å². The Morgan fingerprint density at radius 3 is 2.78 bits per heavy atom. The van der Waals surface area contributed by atoms with Crippen molar-refractivity contribution < 1.29 is 8.42 Å². The van der Waals surface area contributed by atoms with E-state index in [1.807, 2.05) is 6.92 Å². The van der Waals surface area contributed by atoms with Crippen LogP contribution in [0, 0.1) is 0 Å². The van der Waals surface area contributed by atoms with Gasteiger partial charge in [-0.05, 0) is 19.1 Å². The summed E-state index contributed by atoms with van der Waals surface area (Å²) >= 11 is 0. The van der Waals surface area contributed by atoms with E-state index in [-0.39, 0.29) is 10.9 Å². The molecular formula is C10H13N5O2S. The first-order chi connectivity index (χ1) is 8.48. The van der Waals surface area contributed by atoms with Gasteiger partial charge in [-0.25, -0.2) is 18.4 Å². The number of H-pyrrole nitrogens is 1. The Balaban J connectivity index is 2.30. The summed E-state index contributed by atoms with van der Waals surface area (Å²) in [6.45, 7) is 1.83. The standard InChI is InChI=1S/C10H13N5O2S/c1-7(9-12-6-13-15-9)14-10-8(18(2,16)17)4-3-5-11-10/h3-7H,1-2H3,(H,11,14)(H,12,13,15). The second kappa shape index (κ2) is 4.73. The number of sulfone groups is 1. The van der Waals surface area contributed by atoms with E-state index in [9.17, 15) is 8.42 Å². The number of nitrogens with zero attached hydrogens (tertiary/aromatic N) is 3. The predicted octanol–water partition coefficient (Wildman–Crippen LogP) is 0.776. The zero-order chi connectivity index (χ0) is 13.2. The molecule has 0 aliphatic rings. The Bertz CT molecular complexity index is 623. The lowest BCUT2D eigenvalue weighted by molar-refractivity contribution is 0.601. The Labute approximate surface area is 105 Å². The van der Waals surface area contributed by atoms with Crippen molar-refractivity contribution in [1.29, 1.82) is 0 Å². The molecule has 0 aliphatic carbocycles. The summed E-state index contributed by atoms with van der Waals surface area (Å²) in [5.74, 6) is 0.920. The number of anilines is 1. The molecule has 2 heterocycles. The average molecular weight is 267 g/mol. The van der Waals surface area contributed by atoms with E-state index < -0.39 is 9.84 Å². The smallest absolute Gasteiger partial charge is 0.179 e. The molecule has 2 N–H and O–H groups in total. The van der Waals surface area contributed by atoms with Crippen molar-refractivity contribution in [2.24, 2.45) is 0 Å². The van der Waals surface area contributed by atoms with Crippen molar-refractivity contribution in [3.05, 3.63) is 30.5 Å². The number of rotatable bonds is 4. The van der Waals surface area contributed by atoms with Crippen molar-refractivity contribution in [2.45, 2.75) is 17.9 Å². The molecule has 0 fully saturated rings. The van der Waals surface area contributed by atoms with Crippen LogP contribution in [0.3, 0.4) is 0 Å². The zero-order valence-corrected chi connectivity index (χ0v) is 10.8. The molecule has 0 amide bonds.